The normalized spacial score (nSPS) is 9.82. The van der Waals surface area contributed by atoms with Crippen molar-refractivity contribution in [2.24, 2.45) is 0 Å². The molecular weight excluding hydrogens is 220 g/mol. The number of hydrogen-bond donors (Lipinski definition) is 0. The van der Waals surface area contributed by atoms with Gasteiger partial charge in [-0.15, -0.1) is 0 Å². The number of benzene rings is 1. The minimum atomic E-state index is -0.367. The largest absolute Gasteiger partial charge is 0.497 e. The molecule has 0 fully saturated rings. The predicted molar refractivity (Wildman–Crippen MR) is 64.5 cm³/mol. The predicted octanol–water partition coefficient (Wildman–Crippen LogP) is 2.20. The Balaban J connectivity index is 2.66. The van der Waals surface area contributed by atoms with E-state index in [9.17, 15) is 4.79 Å². The number of methoxy groups -OCH3 is 1. The molecule has 0 spiro atoms. The number of carbonyl (C=O) groups excluding carboxylic acids is 1. The Morgan fingerprint density at radius 2 is 1.88 bits per heavy atom. The number of rotatable bonds is 6. The van der Waals surface area contributed by atoms with E-state index in [-0.39, 0.29) is 12.6 Å². The molecule has 17 heavy (non-hydrogen) atoms. The van der Waals surface area contributed by atoms with E-state index >= 15 is 0 Å². The molecule has 1 aromatic rings. The first kappa shape index (κ1) is 13.4. The van der Waals surface area contributed by atoms with Crippen molar-refractivity contribution in [2.45, 2.75) is 20.3 Å². The summed E-state index contributed by atoms with van der Waals surface area (Å²) in [6, 6.07) is 5.58. The summed E-state index contributed by atoms with van der Waals surface area (Å²) in [5.41, 5.74) is 1.10. The summed E-state index contributed by atoms with van der Waals surface area (Å²) in [6.45, 7) is 4.09. The summed E-state index contributed by atoms with van der Waals surface area (Å²) in [5, 5.41) is 0. The van der Waals surface area contributed by atoms with Crippen LogP contribution >= 0.6 is 0 Å². The lowest BCUT2D eigenvalue weighted by atomic mass is 10.1. The maximum absolute atomic E-state index is 11.1. The van der Waals surface area contributed by atoms with Crippen LogP contribution in [0.3, 0.4) is 0 Å². The van der Waals surface area contributed by atoms with E-state index in [2.05, 4.69) is 0 Å². The van der Waals surface area contributed by atoms with Crippen LogP contribution in [-0.4, -0.2) is 26.3 Å². The molecule has 0 aliphatic carbocycles. The van der Waals surface area contributed by atoms with Gasteiger partial charge in [-0.3, -0.25) is 0 Å². The van der Waals surface area contributed by atoms with E-state index in [0.29, 0.717) is 12.4 Å². The fourth-order valence-electron chi connectivity index (χ4n) is 1.38. The number of ether oxygens (including phenoxy) is 3. The van der Waals surface area contributed by atoms with Gasteiger partial charge in [0.05, 0.1) is 13.7 Å². The number of hydrogen-bond acceptors (Lipinski definition) is 4. The maximum atomic E-state index is 11.1. The van der Waals surface area contributed by atoms with Crippen LogP contribution in [0, 0.1) is 0 Å². The molecule has 1 aromatic carbocycles. The lowest BCUT2D eigenvalue weighted by Crippen LogP contribution is -2.14. The van der Waals surface area contributed by atoms with Gasteiger partial charge in [-0.2, -0.15) is 0 Å². The molecule has 1 rings (SSSR count). The Hall–Kier alpha value is -1.71. The van der Waals surface area contributed by atoms with Crippen LogP contribution in [0.2, 0.25) is 0 Å². The molecule has 0 radical (unpaired) electrons. The first-order valence-corrected chi connectivity index (χ1v) is 5.66. The van der Waals surface area contributed by atoms with Gasteiger partial charge >= 0.3 is 5.97 Å². The second kappa shape index (κ2) is 6.78. The molecule has 0 atom stereocenters. The van der Waals surface area contributed by atoms with Gasteiger partial charge in [0.2, 0.25) is 0 Å². The molecule has 0 aliphatic heterocycles. The minimum absolute atomic E-state index is 0.0792. The number of esters is 1. The van der Waals surface area contributed by atoms with Crippen molar-refractivity contribution in [1.29, 1.82) is 0 Å². The molecule has 4 nitrogen and oxygen atoms in total. The van der Waals surface area contributed by atoms with E-state index in [4.69, 9.17) is 14.2 Å². The molecule has 4 heteroatoms. The van der Waals surface area contributed by atoms with Gasteiger partial charge in [-0.25, -0.2) is 4.79 Å². The van der Waals surface area contributed by atoms with Crippen molar-refractivity contribution in [3.05, 3.63) is 23.8 Å². The van der Waals surface area contributed by atoms with Crippen LogP contribution in [0.4, 0.5) is 0 Å². The summed E-state index contributed by atoms with van der Waals surface area (Å²) in [6.07, 6.45) is 0.882. The quantitative estimate of drug-likeness (QED) is 0.713. The maximum Gasteiger partial charge on any atom is 0.344 e. The first-order valence-electron chi connectivity index (χ1n) is 5.66. The zero-order valence-corrected chi connectivity index (χ0v) is 10.5. The van der Waals surface area contributed by atoms with E-state index in [1.807, 2.05) is 19.1 Å². The second-order valence-electron chi connectivity index (χ2n) is 3.46. The van der Waals surface area contributed by atoms with Crippen LogP contribution in [0.15, 0.2) is 18.2 Å². The van der Waals surface area contributed by atoms with E-state index in [0.717, 1.165) is 17.7 Å². The number of aryl methyl sites for hydroxylation is 1. The molecule has 0 aliphatic rings. The Kier molecular flexibility index (Phi) is 5.33. The smallest absolute Gasteiger partial charge is 0.344 e. The monoisotopic (exact) mass is 238 g/mol. The van der Waals surface area contributed by atoms with Crippen molar-refractivity contribution in [2.75, 3.05) is 20.3 Å². The molecule has 0 bridgehead atoms. The van der Waals surface area contributed by atoms with Gasteiger partial charge in [-0.05, 0) is 31.0 Å². The van der Waals surface area contributed by atoms with Gasteiger partial charge < -0.3 is 14.2 Å². The van der Waals surface area contributed by atoms with Crippen molar-refractivity contribution in [1.82, 2.24) is 0 Å². The Morgan fingerprint density at radius 3 is 2.47 bits per heavy atom. The summed E-state index contributed by atoms with van der Waals surface area (Å²) in [5.74, 6) is 0.978. The third-order valence-corrected chi connectivity index (χ3v) is 2.25. The molecule has 0 N–H and O–H groups in total. The standard InChI is InChI=1S/C13H18O4/c1-4-10-6-11(15-3)8-12(7-10)17-9-13(14)16-5-2/h6-8H,4-5,9H2,1-3H3. The van der Waals surface area contributed by atoms with E-state index in [1.165, 1.54) is 0 Å². The molecule has 0 unspecified atom stereocenters. The van der Waals surface area contributed by atoms with E-state index in [1.54, 1.807) is 20.1 Å². The third kappa shape index (κ3) is 4.34. The summed E-state index contributed by atoms with van der Waals surface area (Å²) in [4.78, 5) is 11.1. The topological polar surface area (TPSA) is 44.8 Å². The highest BCUT2D eigenvalue weighted by Crippen LogP contribution is 2.23. The van der Waals surface area contributed by atoms with Crippen molar-refractivity contribution >= 4 is 5.97 Å². The van der Waals surface area contributed by atoms with E-state index < -0.39 is 0 Å². The molecular formula is C13H18O4. The zero-order chi connectivity index (χ0) is 12.7. The van der Waals surface area contributed by atoms with Crippen LogP contribution in [0.25, 0.3) is 0 Å². The van der Waals surface area contributed by atoms with Crippen molar-refractivity contribution < 1.29 is 19.0 Å². The second-order valence-corrected chi connectivity index (χ2v) is 3.46. The number of carbonyl (C=O) groups is 1. The van der Waals surface area contributed by atoms with Gasteiger partial charge in [-0.1, -0.05) is 6.92 Å². The highest BCUT2D eigenvalue weighted by Gasteiger charge is 2.05. The Labute approximate surface area is 101 Å². The van der Waals surface area contributed by atoms with Gasteiger partial charge in [0, 0.05) is 6.07 Å². The summed E-state index contributed by atoms with van der Waals surface area (Å²) < 4.78 is 15.3. The molecule has 94 valence electrons. The van der Waals surface area contributed by atoms with Gasteiger partial charge in [0.1, 0.15) is 11.5 Å². The SMILES string of the molecule is CCOC(=O)COc1cc(CC)cc(OC)c1. The van der Waals surface area contributed by atoms with Crippen molar-refractivity contribution in [3.63, 3.8) is 0 Å². The minimum Gasteiger partial charge on any atom is -0.497 e. The molecule has 0 saturated heterocycles. The molecule has 0 aromatic heterocycles. The lowest BCUT2D eigenvalue weighted by molar-refractivity contribution is -0.145. The molecule has 0 heterocycles. The average molecular weight is 238 g/mol. The molecule has 0 saturated carbocycles. The Bertz CT molecular complexity index is 351. The fraction of sp³-hybridized carbons (Fsp3) is 0.462. The average Bonchev–Trinajstić information content (AvgIpc) is 2.36. The summed E-state index contributed by atoms with van der Waals surface area (Å²) in [7, 11) is 1.60. The third-order valence-electron chi connectivity index (χ3n) is 2.25. The highest BCUT2D eigenvalue weighted by molar-refractivity contribution is 5.71. The van der Waals surface area contributed by atoms with Crippen LogP contribution in [0.1, 0.15) is 19.4 Å². The van der Waals surface area contributed by atoms with Gasteiger partial charge in [0.25, 0.3) is 0 Å². The van der Waals surface area contributed by atoms with Crippen LogP contribution < -0.4 is 9.47 Å². The van der Waals surface area contributed by atoms with Crippen LogP contribution in [-0.2, 0) is 16.0 Å². The first-order chi connectivity index (χ1) is 8.19. The van der Waals surface area contributed by atoms with Crippen molar-refractivity contribution in [3.8, 4) is 11.5 Å². The fourth-order valence-corrected chi connectivity index (χ4v) is 1.38. The molecule has 0 amide bonds. The van der Waals surface area contributed by atoms with Crippen LogP contribution in [0.5, 0.6) is 11.5 Å². The zero-order valence-electron chi connectivity index (χ0n) is 10.5. The summed E-state index contributed by atoms with van der Waals surface area (Å²) >= 11 is 0. The highest BCUT2D eigenvalue weighted by atomic mass is 16.6. The Morgan fingerprint density at radius 1 is 1.18 bits per heavy atom. The van der Waals surface area contributed by atoms with Gasteiger partial charge in [0.15, 0.2) is 6.61 Å². The lowest BCUT2D eigenvalue weighted by Gasteiger charge is -2.09.